The van der Waals surface area contributed by atoms with E-state index in [0.29, 0.717) is 5.88 Å². The van der Waals surface area contributed by atoms with Gasteiger partial charge in [-0.1, -0.05) is 5.92 Å². The summed E-state index contributed by atoms with van der Waals surface area (Å²) >= 11 is 5.56. The molecule has 1 rings (SSSR count). The summed E-state index contributed by atoms with van der Waals surface area (Å²) in [7, 11) is 0. The van der Waals surface area contributed by atoms with Crippen molar-refractivity contribution in [2.75, 3.05) is 0 Å². The second kappa shape index (κ2) is 3.63. The van der Waals surface area contributed by atoms with Crippen LogP contribution >= 0.6 is 11.6 Å². The number of aromatic nitrogens is 2. The first-order valence-electron chi connectivity index (χ1n) is 3.69. The molecule has 68 valence electrons. The predicted octanol–water partition coefficient (Wildman–Crippen LogP) is 1.92. The van der Waals surface area contributed by atoms with Crippen molar-refractivity contribution in [3.8, 4) is 18.2 Å². The molecule has 0 saturated carbocycles. The lowest BCUT2D eigenvalue weighted by Gasteiger charge is -2.18. The highest BCUT2D eigenvalue weighted by Gasteiger charge is 2.16. The van der Waals surface area contributed by atoms with Crippen molar-refractivity contribution < 1.29 is 4.74 Å². The molecule has 3 nitrogen and oxygen atoms in total. The van der Waals surface area contributed by atoms with E-state index in [4.69, 9.17) is 22.8 Å². The van der Waals surface area contributed by atoms with Crippen LogP contribution in [0.4, 0.5) is 0 Å². The Kier molecular flexibility index (Phi) is 2.74. The Balaban J connectivity index is 2.82. The molecule has 0 aromatic carbocycles. The Labute approximate surface area is 82.1 Å². The minimum atomic E-state index is -0.683. The van der Waals surface area contributed by atoms with E-state index >= 15 is 0 Å². The molecule has 0 bridgehead atoms. The first-order chi connectivity index (χ1) is 6.03. The Bertz CT molecular complexity index is 344. The molecule has 0 radical (unpaired) electrons. The first kappa shape index (κ1) is 9.82. The summed E-state index contributed by atoms with van der Waals surface area (Å²) in [5, 5.41) is 0.144. The fourth-order valence-corrected chi connectivity index (χ4v) is 0.807. The molecule has 0 saturated heterocycles. The van der Waals surface area contributed by atoms with Crippen LogP contribution in [0.25, 0.3) is 0 Å². The van der Waals surface area contributed by atoms with E-state index < -0.39 is 5.60 Å². The maximum absolute atomic E-state index is 5.56. The second-order valence-corrected chi connectivity index (χ2v) is 3.26. The van der Waals surface area contributed by atoms with Gasteiger partial charge < -0.3 is 4.74 Å². The third-order valence-corrected chi connectivity index (χ3v) is 1.49. The van der Waals surface area contributed by atoms with Crippen LogP contribution in [0.1, 0.15) is 13.8 Å². The molecule has 1 heterocycles. The van der Waals surface area contributed by atoms with Crippen molar-refractivity contribution in [2.24, 2.45) is 0 Å². The van der Waals surface area contributed by atoms with Gasteiger partial charge in [-0.2, -0.15) is 4.98 Å². The lowest BCUT2D eigenvalue weighted by Crippen LogP contribution is -2.26. The molecular formula is C9H9ClN2O. The Hall–Kier alpha value is -1.27. The van der Waals surface area contributed by atoms with Gasteiger partial charge >= 0.3 is 0 Å². The van der Waals surface area contributed by atoms with E-state index in [9.17, 15) is 0 Å². The molecule has 4 heteroatoms. The van der Waals surface area contributed by atoms with Crippen LogP contribution in [0, 0.1) is 12.3 Å². The van der Waals surface area contributed by atoms with Crippen LogP contribution in [0.3, 0.4) is 0 Å². The average molecular weight is 197 g/mol. The average Bonchev–Trinajstić information content (AvgIpc) is 2.03. The second-order valence-electron chi connectivity index (χ2n) is 2.92. The van der Waals surface area contributed by atoms with Gasteiger partial charge in [0.2, 0.25) is 11.2 Å². The smallest absolute Gasteiger partial charge is 0.225 e. The topological polar surface area (TPSA) is 35.0 Å². The molecule has 1 aromatic rings. The Morgan fingerprint density at radius 3 is 2.85 bits per heavy atom. The standard InChI is InChI=1S/C9H9ClN2O/c1-4-9(2,3)13-7-5-6-11-8(10)12-7/h1,5-6H,2-3H3. The molecule has 13 heavy (non-hydrogen) atoms. The number of rotatable bonds is 2. The van der Waals surface area contributed by atoms with Crippen LogP contribution < -0.4 is 4.74 Å². The summed E-state index contributed by atoms with van der Waals surface area (Å²) in [4.78, 5) is 7.56. The molecule has 0 unspecified atom stereocenters. The highest BCUT2D eigenvalue weighted by molar-refractivity contribution is 6.28. The van der Waals surface area contributed by atoms with Crippen LogP contribution in [0.2, 0.25) is 5.28 Å². The lowest BCUT2D eigenvalue weighted by molar-refractivity contribution is 0.164. The SMILES string of the molecule is C#CC(C)(C)Oc1ccnc(Cl)n1. The summed E-state index contributed by atoms with van der Waals surface area (Å²) in [6, 6.07) is 1.60. The van der Waals surface area contributed by atoms with Crippen molar-refractivity contribution in [2.45, 2.75) is 19.4 Å². The monoisotopic (exact) mass is 196 g/mol. The van der Waals surface area contributed by atoms with Gasteiger partial charge in [-0.25, -0.2) is 4.98 Å². The molecule has 1 aromatic heterocycles. The highest BCUT2D eigenvalue weighted by Crippen LogP contribution is 2.15. The van der Waals surface area contributed by atoms with Crippen molar-refractivity contribution in [1.82, 2.24) is 9.97 Å². The first-order valence-corrected chi connectivity index (χ1v) is 4.06. The van der Waals surface area contributed by atoms with Crippen molar-refractivity contribution in [3.63, 3.8) is 0 Å². The molecule has 0 atom stereocenters. The summed E-state index contributed by atoms with van der Waals surface area (Å²) in [5.41, 5.74) is -0.683. The van der Waals surface area contributed by atoms with Crippen LogP contribution in [-0.4, -0.2) is 15.6 Å². The van der Waals surface area contributed by atoms with Crippen LogP contribution in [0.15, 0.2) is 12.3 Å². The predicted molar refractivity (Wildman–Crippen MR) is 50.6 cm³/mol. The molecular weight excluding hydrogens is 188 g/mol. The van der Waals surface area contributed by atoms with Crippen molar-refractivity contribution >= 4 is 11.6 Å². The zero-order valence-electron chi connectivity index (χ0n) is 7.41. The van der Waals surface area contributed by atoms with Gasteiger partial charge in [-0.3, -0.25) is 0 Å². The van der Waals surface area contributed by atoms with Crippen molar-refractivity contribution in [1.29, 1.82) is 0 Å². The van der Waals surface area contributed by atoms with E-state index in [0.717, 1.165) is 0 Å². The van der Waals surface area contributed by atoms with Gasteiger partial charge in [0.1, 0.15) is 0 Å². The number of terminal acetylenes is 1. The van der Waals surface area contributed by atoms with E-state index in [2.05, 4.69) is 15.9 Å². The zero-order chi connectivity index (χ0) is 9.90. The molecule has 0 aliphatic rings. The Morgan fingerprint density at radius 2 is 2.31 bits per heavy atom. The normalized spacial score (nSPS) is 10.6. The number of hydrogen-bond acceptors (Lipinski definition) is 3. The van der Waals surface area contributed by atoms with E-state index in [-0.39, 0.29) is 5.28 Å². The van der Waals surface area contributed by atoms with Gasteiger partial charge in [-0.05, 0) is 25.4 Å². The Morgan fingerprint density at radius 1 is 1.62 bits per heavy atom. The minimum Gasteiger partial charge on any atom is -0.458 e. The minimum absolute atomic E-state index is 0.144. The van der Waals surface area contributed by atoms with Gasteiger partial charge in [0.15, 0.2) is 5.60 Å². The highest BCUT2D eigenvalue weighted by atomic mass is 35.5. The summed E-state index contributed by atoms with van der Waals surface area (Å²) < 4.78 is 5.36. The quantitative estimate of drug-likeness (QED) is 0.536. The van der Waals surface area contributed by atoms with Gasteiger partial charge in [0, 0.05) is 12.3 Å². The maximum atomic E-state index is 5.56. The van der Waals surface area contributed by atoms with Gasteiger partial charge in [-0.15, -0.1) is 6.42 Å². The maximum Gasteiger partial charge on any atom is 0.225 e. The van der Waals surface area contributed by atoms with Gasteiger partial charge in [0.05, 0.1) is 0 Å². The van der Waals surface area contributed by atoms with Crippen LogP contribution in [0.5, 0.6) is 5.88 Å². The summed E-state index contributed by atoms with van der Waals surface area (Å²) in [5.74, 6) is 2.86. The number of ether oxygens (including phenoxy) is 1. The van der Waals surface area contributed by atoms with E-state index in [1.54, 1.807) is 19.9 Å². The van der Waals surface area contributed by atoms with Gasteiger partial charge in [0.25, 0.3) is 0 Å². The molecule has 0 fully saturated rings. The zero-order valence-corrected chi connectivity index (χ0v) is 8.17. The molecule has 0 spiro atoms. The molecule has 0 N–H and O–H groups in total. The third-order valence-electron chi connectivity index (χ3n) is 1.31. The third kappa shape index (κ3) is 2.92. The fourth-order valence-electron chi connectivity index (χ4n) is 0.667. The molecule has 0 aliphatic heterocycles. The molecule has 0 amide bonds. The number of nitrogens with zero attached hydrogens (tertiary/aromatic N) is 2. The summed E-state index contributed by atoms with van der Waals surface area (Å²) in [6.45, 7) is 3.53. The largest absolute Gasteiger partial charge is 0.458 e. The molecule has 0 aliphatic carbocycles. The number of hydrogen-bond donors (Lipinski definition) is 0. The fraction of sp³-hybridized carbons (Fsp3) is 0.333. The van der Waals surface area contributed by atoms with Crippen molar-refractivity contribution in [3.05, 3.63) is 17.5 Å². The van der Waals surface area contributed by atoms with E-state index in [1.165, 1.54) is 6.20 Å². The summed E-state index contributed by atoms with van der Waals surface area (Å²) in [6.07, 6.45) is 6.75. The van der Waals surface area contributed by atoms with E-state index in [1.807, 2.05) is 0 Å². The lowest BCUT2D eigenvalue weighted by atomic mass is 10.1. The number of halogens is 1. The van der Waals surface area contributed by atoms with Crippen LogP contribution in [-0.2, 0) is 0 Å².